The van der Waals surface area contributed by atoms with E-state index >= 15 is 0 Å². The van der Waals surface area contributed by atoms with Crippen molar-refractivity contribution < 1.29 is 37.3 Å². The van der Waals surface area contributed by atoms with E-state index in [1.165, 1.54) is 24.1 Å². The summed E-state index contributed by atoms with van der Waals surface area (Å²) in [6.45, 7) is 8.54. The van der Waals surface area contributed by atoms with Crippen LogP contribution in [-0.2, 0) is 20.4 Å². The van der Waals surface area contributed by atoms with Crippen LogP contribution >= 0.6 is 0 Å². The van der Waals surface area contributed by atoms with E-state index in [9.17, 15) is 23.1 Å². The number of ether oxygens (including phenoxy) is 3. The molecule has 0 radical (unpaired) electrons. The molecule has 1 aromatic rings. The Kier molecular flexibility index (Phi) is 10.1. The second kappa shape index (κ2) is 12.1. The average molecular weight is 477 g/mol. The van der Waals surface area contributed by atoms with Crippen molar-refractivity contribution in [1.82, 2.24) is 9.80 Å². The average Bonchev–Trinajstić information content (AvgIpc) is 2.74. The van der Waals surface area contributed by atoms with Gasteiger partial charge in [-0.3, -0.25) is 9.69 Å². The second-order valence-electron chi connectivity index (χ2n) is 9.15. The lowest BCUT2D eigenvalue weighted by molar-refractivity contribution is -0.137. The predicted molar refractivity (Wildman–Crippen MR) is 117 cm³/mol. The van der Waals surface area contributed by atoms with E-state index in [2.05, 4.69) is 0 Å². The first kappa shape index (κ1) is 27.5. The number of morpholine rings is 1. The first-order valence-corrected chi connectivity index (χ1v) is 11.0. The molecule has 0 spiro atoms. The predicted octanol–water partition coefficient (Wildman–Crippen LogP) is 2.67. The number of halogens is 3. The topological polar surface area (TPSA) is 71.5 Å². The Bertz CT molecular complexity index is 754. The van der Waals surface area contributed by atoms with Crippen LogP contribution in [0.15, 0.2) is 24.3 Å². The van der Waals surface area contributed by atoms with Crippen molar-refractivity contribution in [2.45, 2.75) is 44.8 Å². The molecule has 2 atom stereocenters. The number of carbonyl (C=O) groups excluding carboxylic acids is 1. The maximum Gasteiger partial charge on any atom is 0.416 e. The molecule has 0 bridgehead atoms. The van der Waals surface area contributed by atoms with Crippen LogP contribution in [0.2, 0.25) is 0 Å². The van der Waals surface area contributed by atoms with E-state index < -0.39 is 23.8 Å². The summed E-state index contributed by atoms with van der Waals surface area (Å²) in [7, 11) is 1.49. The summed E-state index contributed by atoms with van der Waals surface area (Å²) in [4.78, 5) is 16.5. The van der Waals surface area contributed by atoms with Gasteiger partial charge >= 0.3 is 6.18 Å². The van der Waals surface area contributed by atoms with Gasteiger partial charge in [-0.25, -0.2) is 0 Å². The molecule has 7 nitrogen and oxygen atoms in total. The first-order valence-electron chi connectivity index (χ1n) is 11.0. The molecule has 10 heteroatoms. The number of hydrogen-bond donors (Lipinski definition) is 1. The van der Waals surface area contributed by atoms with Gasteiger partial charge in [0.2, 0.25) is 0 Å². The third-order valence-corrected chi connectivity index (χ3v) is 5.11. The van der Waals surface area contributed by atoms with Gasteiger partial charge in [0.1, 0.15) is 0 Å². The maximum absolute atomic E-state index is 13.1. The van der Waals surface area contributed by atoms with Gasteiger partial charge in [-0.1, -0.05) is 6.07 Å². The summed E-state index contributed by atoms with van der Waals surface area (Å²) in [6.07, 6.45) is -5.54. The molecule has 1 heterocycles. The monoisotopic (exact) mass is 476 g/mol. The Morgan fingerprint density at radius 2 is 2.06 bits per heavy atom. The number of aliphatic hydroxyl groups is 1. The van der Waals surface area contributed by atoms with Crippen molar-refractivity contribution >= 4 is 5.91 Å². The number of alkyl halides is 3. The summed E-state index contributed by atoms with van der Waals surface area (Å²) in [6, 6.07) is 4.40. The third kappa shape index (κ3) is 9.58. The Morgan fingerprint density at radius 1 is 1.33 bits per heavy atom. The second-order valence-corrected chi connectivity index (χ2v) is 9.15. The lowest BCUT2D eigenvalue weighted by Gasteiger charge is -2.36. The lowest BCUT2D eigenvalue weighted by Crippen LogP contribution is -2.51. The fourth-order valence-electron chi connectivity index (χ4n) is 3.49. The summed E-state index contributed by atoms with van der Waals surface area (Å²) < 4.78 is 55.7. The molecule has 33 heavy (non-hydrogen) atoms. The van der Waals surface area contributed by atoms with Gasteiger partial charge in [-0.2, -0.15) is 13.2 Å². The van der Waals surface area contributed by atoms with Crippen molar-refractivity contribution in [2.75, 3.05) is 59.7 Å². The van der Waals surface area contributed by atoms with Crippen molar-refractivity contribution in [3.63, 3.8) is 0 Å². The number of benzene rings is 1. The highest BCUT2D eigenvalue weighted by Crippen LogP contribution is 2.29. The van der Waals surface area contributed by atoms with E-state index in [0.29, 0.717) is 26.2 Å². The third-order valence-electron chi connectivity index (χ3n) is 5.11. The molecule has 0 saturated carbocycles. The van der Waals surface area contributed by atoms with Crippen LogP contribution in [0.25, 0.3) is 0 Å². The van der Waals surface area contributed by atoms with Crippen molar-refractivity contribution in [3.05, 3.63) is 35.4 Å². The number of nitrogens with zero attached hydrogens (tertiary/aromatic N) is 2. The van der Waals surface area contributed by atoms with E-state index in [1.54, 1.807) is 0 Å². The summed E-state index contributed by atoms with van der Waals surface area (Å²) >= 11 is 0. The highest BCUT2D eigenvalue weighted by molar-refractivity contribution is 5.94. The number of rotatable bonds is 10. The van der Waals surface area contributed by atoms with E-state index in [1.807, 2.05) is 25.7 Å². The van der Waals surface area contributed by atoms with Crippen LogP contribution < -0.4 is 0 Å². The Labute approximate surface area is 193 Å². The molecule has 188 valence electrons. The quantitative estimate of drug-likeness (QED) is 0.560. The zero-order valence-corrected chi connectivity index (χ0v) is 19.7. The fourth-order valence-corrected chi connectivity index (χ4v) is 3.49. The SMILES string of the molecule is COCCN(C[C@@H]1CN(C[C@H](O)COC(C)(C)C)CCO1)C(=O)c1cccc(C(F)(F)F)c1. The van der Waals surface area contributed by atoms with Crippen LogP contribution in [0.4, 0.5) is 13.2 Å². The zero-order valence-electron chi connectivity index (χ0n) is 19.7. The van der Waals surface area contributed by atoms with Crippen LogP contribution in [0.5, 0.6) is 0 Å². The van der Waals surface area contributed by atoms with Gasteiger partial charge in [0.05, 0.1) is 43.2 Å². The minimum atomic E-state index is -4.53. The van der Waals surface area contributed by atoms with E-state index in [-0.39, 0.29) is 43.6 Å². The van der Waals surface area contributed by atoms with Crippen LogP contribution in [-0.4, -0.2) is 98.3 Å². The largest absolute Gasteiger partial charge is 0.416 e. The smallest absolute Gasteiger partial charge is 0.389 e. The molecular weight excluding hydrogens is 441 g/mol. The Morgan fingerprint density at radius 3 is 2.70 bits per heavy atom. The summed E-state index contributed by atoms with van der Waals surface area (Å²) in [5.74, 6) is -0.516. The zero-order chi connectivity index (χ0) is 24.6. The van der Waals surface area contributed by atoms with Crippen LogP contribution in [0.1, 0.15) is 36.7 Å². The number of methoxy groups -OCH3 is 1. The fraction of sp³-hybridized carbons (Fsp3) is 0.696. The molecule has 2 rings (SSSR count). The van der Waals surface area contributed by atoms with Crippen molar-refractivity contribution in [1.29, 1.82) is 0 Å². The molecule has 1 fully saturated rings. The van der Waals surface area contributed by atoms with Crippen LogP contribution in [0.3, 0.4) is 0 Å². The van der Waals surface area contributed by atoms with Gasteiger partial charge in [-0.05, 0) is 39.0 Å². The molecule has 0 aliphatic carbocycles. The highest BCUT2D eigenvalue weighted by Gasteiger charge is 2.32. The first-order chi connectivity index (χ1) is 15.4. The lowest BCUT2D eigenvalue weighted by atomic mass is 10.1. The van der Waals surface area contributed by atoms with Crippen molar-refractivity contribution in [3.8, 4) is 0 Å². The highest BCUT2D eigenvalue weighted by atomic mass is 19.4. The van der Waals surface area contributed by atoms with Gasteiger partial charge in [0, 0.05) is 45.4 Å². The molecule has 0 aromatic heterocycles. The molecular formula is C23H35F3N2O5. The maximum atomic E-state index is 13.1. The number of carbonyl (C=O) groups is 1. The molecule has 1 saturated heterocycles. The van der Waals surface area contributed by atoms with Gasteiger partial charge in [0.15, 0.2) is 0 Å². The number of hydrogen-bond acceptors (Lipinski definition) is 6. The number of β-amino-alcohol motifs (C(OH)–C–C–N with tert-alkyl or cyclic N) is 1. The molecule has 1 N–H and O–H groups in total. The standard InChI is InChI=1S/C23H35F3N2O5/c1-22(2,3)33-16-19(29)13-27-8-11-32-20(14-27)15-28(9-10-31-4)21(30)17-6-5-7-18(12-17)23(24,25)26/h5-7,12,19-20,29H,8-11,13-16H2,1-4H3/t19-,20-/m0/s1. The molecule has 1 aliphatic rings. The van der Waals surface area contributed by atoms with Crippen molar-refractivity contribution in [2.24, 2.45) is 0 Å². The minimum absolute atomic E-state index is 0.0386. The Balaban J connectivity index is 2.02. The molecule has 1 aliphatic heterocycles. The van der Waals surface area contributed by atoms with E-state index in [0.717, 1.165) is 12.1 Å². The summed E-state index contributed by atoms with van der Waals surface area (Å²) in [5, 5.41) is 10.3. The van der Waals surface area contributed by atoms with Gasteiger partial charge in [0.25, 0.3) is 5.91 Å². The van der Waals surface area contributed by atoms with E-state index in [4.69, 9.17) is 14.2 Å². The Hall–Kier alpha value is -1.72. The summed E-state index contributed by atoms with van der Waals surface area (Å²) in [5.41, 5.74) is -1.25. The van der Waals surface area contributed by atoms with Crippen LogP contribution in [0, 0.1) is 0 Å². The minimum Gasteiger partial charge on any atom is -0.389 e. The van der Waals surface area contributed by atoms with Gasteiger partial charge < -0.3 is 24.2 Å². The number of amides is 1. The molecule has 1 amide bonds. The normalized spacial score (nSPS) is 18.8. The van der Waals surface area contributed by atoms with Gasteiger partial charge in [-0.15, -0.1) is 0 Å². The molecule has 1 aromatic carbocycles. The number of aliphatic hydroxyl groups excluding tert-OH is 1. The molecule has 0 unspecified atom stereocenters.